The molecule has 17 heavy (non-hydrogen) atoms. The standard InChI is InChI=1S/C11H21N3O3/c1-8(10(15)13-5-7-17-2)14-6-3-4-9(12)11(14)16/h8-9H,3-7,12H2,1-2H3,(H,13,15)/t8-,9-/m0/s1. The molecule has 1 aliphatic heterocycles. The molecule has 1 aliphatic rings. The Kier molecular flexibility index (Phi) is 5.37. The number of carbonyl (C=O) groups excluding carboxylic acids is 2. The number of likely N-dealkylation sites (tertiary alicyclic amines) is 1. The van der Waals surface area contributed by atoms with Gasteiger partial charge in [-0.25, -0.2) is 0 Å². The fourth-order valence-corrected chi connectivity index (χ4v) is 1.88. The molecule has 0 aromatic rings. The van der Waals surface area contributed by atoms with Crippen LogP contribution in [0.25, 0.3) is 0 Å². The highest BCUT2D eigenvalue weighted by Gasteiger charge is 2.31. The first kappa shape index (κ1) is 13.9. The average Bonchev–Trinajstić information content (AvgIpc) is 2.32. The molecule has 3 N–H and O–H groups in total. The van der Waals surface area contributed by atoms with Crippen LogP contribution < -0.4 is 11.1 Å². The third-order valence-corrected chi connectivity index (χ3v) is 2.97. The first-order valence-corrected chi connectivity index (χ1v) is 5.90. The molecule has 2 amide bonds. The molecule has 0 saturated carbocycles. The Balaban J connectivity index is 2.47. The Morgan fingerprint density at radius 2 is 2.41 bits per heavy atom. The summed E-state index contributed by atoms with van der Waals surface area (Å²) in [5.41, 5.74) is 5.69. The van der Waals surface area contributed by atoms with Gasteiger partial charge < -0.3 is 20.7 Å². The molecule has 0 aromatic carbocycles. The minimum atomic E-state index is -0.467. The highest BCUT2D eigenvalue weighted by atomic mass is 16.5. The molecule has 0 unspecified atom stereocenters. The van der Waals surface area contributed by atoms with Gasteiger partial charge in [-0.15, -0.1) is 0 Å². The molecule has 0 aliphatic carbocycles. The van der Waals surface area contributed by atoms with E-state index in [1.54, 1.807) is 18.9 Å². The Labute approximate surface area is 101 Å². The van der Waals surface area contributed by atoms with Crippen molar-refractivity contribution in [1.29, 1.82) is 0 Å². The van der Waals surface area contributed by atoms with E-state index in [0.29, 0.717) is 26.1 Å². The second kappa shape index (κ2) is 6.56. The van der Waals surface area contributed by atoms with Crippen molar-refractivity contribution in [3.05, 3.63) is 0 Å². The van der Waals surface area contributed by atoms with Gasteiger partial charge in [0.1, 0.15) is 6.04 Å². The summed E-state index contributed by atoms with van der Waals surface area (Å²) >= 11 is 0. The van der Waals surface area contributed by atoms with E-state index in [-0.39, 0.29) is 11.8 Å². The lowest BCUT2D eigenvalue weighted by molar-refractivity contribution is -0.143. The summed E-state index contributed by atoms with van der Waals surface area (Å²) in [6.07, 6.45) is 1.55. The first-order valence-electron chi connectivity index (χ1n) is 5.90. The number of methoxy groups -OCH3 is 1. The molecule has 1 heterocycles. The van der Waals surface area contributed by atoms with Crippen molar-refractivity contribution in [3.63, 3.8) is 0 Å². The lowest BCUT2D eigenvalue weighted by Gasteiger charge is -2.34. The van der Waals surface area contributed by atoms with Crippen LogP contribution in [0.15, 0.2) is 0 Å². The van der Waals surface area contributed by atoms with E-state index in [4.69, 9.17) is 10.5 Å². The third-order valence-electron chi connectivity index (χ3n) is 2.97. The summed E-state index contributed by atoms with van der Waals surface area (Å²) in [5, 5.41) is 2.72. The summed E-state index contributed by atoms with van der Waals surface area (Å²) in [6.45, 7) is 3.24. The highest BCUT2D eigenvalue weighted by molar-refractivity contribution is 5.89. The van der Waals surface area contributed by atoms with Crippen LogP contribution in [0.5, 0.6) is 0 Å². The molecule has 6 nitrogen and oxygen atoms in total. The van der Waals surface area contributed by atoms with E-state index in [0.717, 1.165) is 6.42 Å². The number of nitrogens with two attached hydrogens (primary N) is 1. The molecule has 6 heteroatoms. The van der Waals surface area contributed by atoms with Crippen LogP contribution in [0.2, 0.25) is 0 Å². The fourth-order valence-electron chi connectivity index (χ4n) is 1.88. The summed E-state index contributed by atoms with van der Waals surface area (Å²) in [4.78, 5) is 25.1. The van der Waals surface area contributed by atoms with E-state index >= 15 is 0 Å². The van der Waals surface area contributed by atoms with Gasteiger partial charge in [0.15, 0.2) is 0 Å². The smallest absolute Gasteiger partial charge is 0.242 e. The number of piperidine rings is 1. The molecule has 1 rings (SSSR count). The van der Waals surface area contributed by atoms with E-state index in [9.17, 15) is 9.59 Å². The largest absolute Gasteiger partial charge is 0.383 e. The van der Waals surface area contributed by atoms with Gasteiger partial charge in [-0.1, -0.05) is 0 Å². The van der Waals surface area contributed by atoms with Gasteiger partial charge in [0.2, 0.25) is 11.8 Å². The number of nitrogens with one attached hydrogen (secondary N) is 1. The van der Waals surface area contributed by atoms with Gasteiger partial charge in [0.05, 0.1) is 12.6 Å². The normalized spacial score (nSPS) is 22.4. The second-order valence-electron chi connectivity index (χ2n) is 4.24. The van der Waals surface area contributed by atoms with Crippen LogP contribution in [-0.2, 0) is 14.3 Å². The summed E-state index contributed by atoms with van der Waals surface area (Å²) in [5.74, 6) is -0.296. The zero-order valence-electron chi connectivity index (χ0n) is 10.4. The van der Waals surface area contributed by atoms with Gasteiger partial charge >= 0.3 is 0 Å². The summed E-state index contributed by atoms with van der Waals surface area (Å²) in [6, 6.07) is -0.927. The predicted molar refractivity (Wildman–Crippen MR) is 63.3 cm³/mol. The minimum Gasteiger partial charge on any atom is -0.383 e. The van der Waals surface area contributed by atoms with Crippen molar-refractivity contribution in [2.75, 3.05) is 26.8 Å². The molecule has 1 fully saturated rings. The van der Waals surface area contributed by atoms with Crippen molar-refractivity contribution >= 4 is 11.8 Å². The fraction of sp³-hybridized carbons (Fsp3) is 0.818. The molecule has 1 saturated heterocycles. The molecule has 0 spiro atoms. The molecular weight excluding hydrogens is 222 g/mol. The van der Waals surface area contributed by atoms with Crippen molar-refractivity contribution < 1.29 is 14.3 Å². The molecule has 0 aromatic heterocycles. The molecular formula is C11H21N3O3. The molecule has 0 bridgehead atoms. The molecule has 2 atom stereocenters. The number of amides is 2. The first-order chi connectivity index (χ1) is 8.07. The van der Waals surface area contributed by atoms with Gasteiger partial charge in [0, 0.05) is 20.2 Å². The lowest BCUT2D eigenvalue weighted by Crippen LogP contribution is -2.56. The number of ether oxygens (including phenoxy) is 1. The quantitative estimate of drug-likeness (QED) is 0.612. The average molecular weight is 243 g/mol. The Bertz CT molecular complexity index is 283. The summed E-state index contributed by atoms with van der Waals surface area (Å²) in [7, 11) is 1.57. The number of nitrogens with zero attached hydrogens (tertiary/aromatic N) is 1. The van der Waals surface area contributed by atoms with E-state index in [1.165, 1.54) is 0 Å². The predicted octanol–water partition coefficient (Wildman–Crippen LogP) is -0.913. The summed E-state index contributed by atoms with van der Waals surface area (Å²) < 4.78 is 4.84. The number of rotatable bonds is 5. The minimum absolute atomic E-state index is 0.134. The Morgan fingerprint density at radius 1 is 1.71 bits per heavy atom. The Morgan fingerprint density at radius 3 is 3.06 bits per heavy atom. The van der Waals surface area contributed by atoms with Gasteiger partial charge in [-0.05, 0) is 19.8 Å². The third kappa shape index (κ3) is 3.67. The topological polar surface area (TPSA) is 84.7 Å². The zero-order chi connectivity index (χ0) is 12.8. The van der Waals surface area contributed by atoms with Crippen LogP contribution in [0.3, 0.4) is 0 Å². The van der Waals surface area contributed by atoms with Crippen molar-refractivity contribution in [2.24, 2.45) is 5.73 Å². The van der Waals surface area contributed by atoms with Gasteiger partial charge in [-0.2, -0.15) is 0 Å². The van der Waals surface area contributed by atoms with Crippen molar-refractivity contribution in [2.45, 2.75) is 31.8 Å². The lowest BCUT2D eigenvalue weighted by atomic mass is 10.0. The SMILES string of the molecule is COCCNC(=O)[C@H](C)N1CCC[C@H](N)C1=O. The van der Waals surface area contributed by atoms with E-state index < -0.39 is 12.1 Å². The maximum atomic E-state index is 11.8. The number of hydrogen-bond acceptors (Lipinski definition) is 4. The highest BCUT2D eigenvalue weighted by Crippen LogP contribution is 2.13. The van der Waals surface area contributed by atoms with Crippen molar-refractivity contribution in [3.8, 4) is 0 Å². The van der Waals surface area contributed by atoms with E-state index in [2.05, 4.69) is 5.32 Å². The number of hydrogen-bond donors (Lipinski definition) is 2. The second-order valence-corrected chi connectivity index (χ2v) is 4.24. The number of carbonyl (C=O) groups is 2. The van der Waals surface area contributed by atoms with E-state index in [1.807, 2.05) is 0 Å². The zero-order valence-corrected chi connectivity index (χ0v) is 10.4. The van der Waals surface area contributed by atoms with Crippen LogP contribution in [0.1, 0.15) is 19.8 Å². The van der Waals surface area contributed by atoms with Crippen molar-refractivity contribution in [1.82, 2.24) is 10.2 Å². The van der Waals surface area contributed by atoms with Gasteiger partial charge in [0.25, 0.3) is 0 Å². The molecule has 98 valence electrons. The van der Waals surface area contributed by atoms with Crippen LogP contribution in [0, 0.1) is 0 Å². The van der Waals surface area contributed by atoms with Crippen LogP contribution >= 0.6 is 0 Å². The molecule has 0 radical (unpaired) electrons. The Hall–Kier alpha value is -1.14. The maximum absolute atomic E-state index is 11.8. The van der Waals surface area contributed by atoms with Gasteiger partial charge in [-0.3, -0.25) is 9.59 Å². The maximum Gasteiger partial charge on any atom is 0.242 e. The van der Waals surface area contributed by atoms with Crippen LogP contribution in [0.4, 0.5) is 0 Å². The van der Waals surface area contributed by atoms with Crippen LogP contribution in [-0.4, -0.2) is 55.6 Å². The monoisotopic (exact) mass is 243 g/mol.